The number of rotatable bonds is 10. The molecule has 43 heavy (non-hydrogen) atoms. The second-order valence-electron chi connectivity index (χ2n) is 10.0. The Labute approximate surface area is 259 Å². The van der Waals surface area contributed by atoms with Gasteiger partial charge in [0.1, 0.15) is 0 Å². The van der Waals surface area contributed by atoms with Crippen LogP contribution in [0.4, 0.5) is 0 Å². The van der Waals surface area contributed by atoms with Crippen LogP contribution in [-0.2, 0) is 9.53 Å². The number of thiazole rings is 1. The van der Waals surface area contributed by atoms with Crippen LogP contribution in [0.3, 0.4) is 0 Å². The Hall–Kier alpha value is -4.08. The fourth-order valence-corrected chi connectivity index (χ4v) is 6.34. The number of esters is 1. The van der Waals surface area contributed by atoms with Crippen LogP contribution >= 0.6 is 23.1 Å². The zero-order valence-corrected chi connectivity index (χ0v) is 26.5. The fourth-order valence-electron chi connectivity index (χ4n) is 4.93. The molecule has 0 fully saturated rings. The summed E-state index contributed by atoms with van der Waals surface area (Å²) in [6.07, 6.45) is 3.83. The highest BCUT2D eigenvalue weighted by atomic mass is 32.2. The summed E-state index contributed by atoms with van der Waals surface area (Å²) in [5.41, 5.74) is 2.95. The Morgan fingerprint density at radius 1 is 1.02 bits per heavy atom. The molecule has 222 valence electrons. The number of hydrogen-bond acceptors (Lipinski definition) is 8. The lowest BCUT2D eigenvalue weighted by atomic mass is 9.93. The van der Waals surface area contributed by atoms with Gasteiger partial charge in [-0.1, -0.05) is 59.9 Å². The molecule has 0 radical (unpaired) electrons. The maximum absolute atomic E-state index is 14.2. The molecule has 2 heterocycles. The highest BCUT2D eigenvalue weighted by Gasteiger charge is 2.35. The molecular formula is C34H34N2O5S2. The van der Waals surface area contributed by atoms with Crippen molar-refractivity contribution in [1.82, 2.24) is 4.57 Å². The number of fused-ring (bicyclic) bond motifs is 1. The first-order chi connectivity index (χ1) is 20.8. The summed E-state index contributed by atoms with van der Waals surface area (Å²) in [4.78, 5) is 34.3. The monoisotopic (exact) mass is 614 g/mol. The van der Waals surface area contributed by atoms with Gasteiger partial charge in [-0.25, -0.2) is 9.79 Å². The van der Waals surface area contributed by atoms with Gasteiger partial charge in [0.2, 0.25) is 0 Å². The number of carbonyl (C=O) groups excluding carboxylic acids is 1. The van der Waals surface area contributed by atoms with Gasteiger partial charge < -0.3 is 14.2 Å². The van der Waals surface area contributed by atoms with Crippen molar-refractivity contribution < 1.29 is 19.0 Å². The van der Waals surface area contributed by atoms with Gasteiger partial charge in [-0.05, 0) is 75.4 Å². The van der Waals surface area contributed by atoms with Crippen LogP contribution in [0.2, 0.25) is 0 Å². The van der Waals surface area contributed by atoms with Gasteiger partial charge in [-0.15, -0.1) is 11.8 Å². The molecular weight excluding hydrogens is 581 g/mol. The molecule has 0 aliphatic carbocycles. The van der Waals surface area contributed by atoms with E-state index in [1.165, 1.54) is 11.3 Å². The summed E-state index contributed by atoms with van der Waals surface area (Å²) in [6, 6.07) is 22.4. The molecule has 0 spiro atoms. The largest absolute Gasteiger partial charge is 0.490 e. The third-order valence-corrected chi connectivity index (χ3v) is 8.46. The van der Waals surface area contributed by atoms with Crippen LogP contribution in [0, 0.1) is 0 Å². The molecule has 0 bridgehead atoms. The van der Waals surface area contributed by atoms with E-state index in [0.717, 1.165) is 21.6 Å². The van der Waals surface area contributed by atoms with Gasteiger partial charge in [0.15, 0.2) is 16.3 Å². The van der Waals surface area contributed by atoms with Crippen molar-refractivity contribution in [2.24, 2.45) is 4.99 Å². The SMILES string of the molecule is CCOC(=O)C1=C(c2ccccc2)N=c2s/c(=C\c3ccc(OC(C)C)c(OCC)c3)c(=O)n2[C@H]1c1ccc(SC)cc1. The zero-order chi connectivity index (χ0) is 30.5. The lowest BCUT2D eigenvalue weighted by Gasteiger charge is -2.26. The molecule has 7 nitrogen and oxygen atoms in total. The van der Waals surface area contributed by atoms with E-state index in [1.54, 1.807) is 23.3 Å². The smallest absolute Gasteiger partial charge is 0.338 e. The average molecular weight is 615 g/mol. The normalized spacial score (nSPS) is 14.8. The standard InChI is InChI=1S/C34H34N2O5S2/c1-6-39-27-19-22(13-18-26(27)41-21(3)4)20-28-32(37)36-31(24-14-16-25(42-5)17-15-24)29(33(38)40-7-2)30(35-34(36)43-28)23-11-9-8-10-12-23/h8-21,31H,6-7H2,1-5H3/b28-20-/t31-/m0/s1. The Balaban J connectivity index is 1.75. The fraction of sp³-hybridized carbons (Fsp3) is 0.265. The second kappa shape index (κ2) is 13.5. The van der Waals surface area contributed by atoms with Crippen LogP contribution in [0.1, 0.15) is 50.4 Å². The number of hydrogen-bond donors (Lipinski definition) is 0. The summed E-state index contributed by atoms with van der Waals surface area (Å²) < 4.78 is 19.4. The highest BCUT2D eigenvalue weighted by molar-refractivity contribution is 7.98. The topological polar surface area (TPSA) is 79.1 Å². The minimum atomic E-state index is -0.718. The van der Waals surface area contributed by atoms with E-state index in [2.05, 4.69) is 0 Å². The molecule has 5 rings (SSSR count). The Morgan fingerprint density at radius 3 is 2.42 bits per heavy atom. The maximum Gasteiger partial charge on any atom is 0.338 e. The van der Waals surface area contributed by atoms with Gasteiger partial charge >= 0.3 is 5.97 Å². The predicted octanol–water partition coefficient (Wildman–Crippen LogP) is 5.84. The average Bonchev–Trinajstić information content (AvgIpc) is 3.32. The number of aromatic nitrogens is 1. The minimum Gasteiger partial charge on any atom is -0.490 e. The summed E-state index contributed by atoms with van der Waals surface area (Å²) in [5.74, 6) is 0.761. The summed E-state index contributed by atoms with van der Waals surface area (Å²) in [7, 11) is 0. The van der Waals surface area contributed by atoms with Crippen molar-refractivity contribution in [3.63, 3.8) is 0 Å². The summed E-state index contributed by atoms with van der Waals surface area (Å²) in [6.45, 7) is 8.29. The first-order valence-electron chi connectivity index (χ1n) is 14.2. The summed E-state index contributed by atoms with van der Waals surface area (Å²) >= 11 is 2.91. The van der Waals surface area contributed by atoms with E-state index in [0.29, 0.717) is 38.7 Å². The van der Waals surface area contributed by atoms with E-state index < -0.39 is 12.0 Å². The van der Waals surface area contributed by atoms with Crippen molar-refractivity contribution in [3.8, 4) is 11.5 Å². The first kappa shape index (κ1) is 30.4. The van der Waals surface area contributed by atoms with Crippen LogP contribution in [-0.4, -0.2) is 36.1 Å². The molecule has 0 saturated heterocycles. The van der Waals surface area contributed by atoms with Gasteiger partial charge in [0, 0.05) is 10.5 Å². The maximum atomic E-state index is 14.2. The number of thioether (sulfide) groups is 1. The number of nitrogens with zero attached hydrogens (tertiary/aromatic N) is 2. The van der Waals surface area contributed by atoms with Crippen molar-refractivity contribution in [2.45, 2.75) is 44.7 Å². The summed E-state index contributed by atoms with van der Waals surface area (Å²) in [5, 5.41) is 0. The Kier molecular flexibility index (Phi) is 9.52. The second-order valence-corrected chi connectivity index (χ2v) is 11.9. The molecule has 0 amide bonds. The molecule has 1 aliphatic heterocycles. The van der Waals surface area contributed by atoms with E-state index in [1.807, 2.05) is 106 Å². The lowest BCUT2D eigenvalue weighted by Crippen LogP contribution is -2.40. The number of carbonyl (C=O) groups is 1. The molecule has 4 aromatic rings. The first-order valence-corrected chi connectivity index (χ1v) is 16.2. The third kappa shape index (κ3) is 6.48. The van der Waals surface area contributed by atoms with Crippen molar-refractivity contribution in [3.05, 3.63) is 115 Å². The number of benzene rings is 3. The van der Waals surface area contributed by atoms with Crippen LogP contribution < -0.4 is 24.4 Å². The predicted molar refractivity (Wildman–Crippen MR) is 173 cm³/mol. The van der Waals surface area contributed by atoms with Gasteiger partial charge in [0.25, 0.3) is 5.56 Å². The van der Waals surface area contributed by atoms with Gasteiger partial charge in [0.05, 0.1) is 41.2 Å². The zero-order valence-electron chi connectivity index (χ0n) is 24.8. The molecule has 9 heteroatoms. The molecule has 1 aliphatic rings. The van der Waals surface area contributed by atoms with Crippen LogP contribution in [0.25, 0.3) is 11.8 Å². The minimum absolute atomic E-state index is 0.00821. The molecule has 0 unspecified atom stereocenters. The highest BCUT2D eigenvalue weighted by Crippen LogP contribution is 2.36. The van der Waals surface area contributed by atoms with E-state index >= 15 is 0 Å². The quantitative estimate of drug-likeness (QED) is 0.165. The molecule has 3 aromatic carbocycles. The lowest BCUT2D eigenvalue weighted by molar-refractivity contribution is -0.138. The molecule has 0 N–H and O–H groups in total. The molecule has 0 saturated carbocycles. The van der Waals surface area contributed by atoms with Crippen LogP contribution in [0.15, 0.2) is 93.1 Å². The Bertz CT molecular complexity index is 1820. The third-order valence-electron chi connectivity index (χ3n) is 6.73. The van der Waals surface area contributed by atoms with Crippen molar-refractivity contribution in [1.29, 1.82) is 0 Å². The number of ether oxygens (including phenoxy) is 3. The van der Waals surface area contributed by atoms with Crippen LogP contribution in [0.5, 0.6) is 11.5 Å². The van der Waals surface area contributed by atoms with Gasteiger partial charge in [-0.2, -0.15) is 0 Å². The van der Waals surface area contributed by atoms with E-state index in [-0.39, 0.29) is 18.3 Å². The van der Waals surface area contributed by atoms with E-state index in [9.17, 15) is 9.59 Å². The van der Waals surface area contributed by atoms with E-state index in [4.69, 9.17) is 19.2 Å². The van der Waals surface area contributed by atoms with Crippen molar-refractivity contribution in [2.75, 3.05) is 19.5 Å². The van der Waals surface area contributed by atoms with Crippen molar-refractivity contribution >= 4 is 40.8 Å². The Morgan fingerprint density at radius 2 is 1.77 bits per heavy atom. The molecule has 1 aromatic heterocycles. The van der Waals surface area contributed by atoms with Gasteiger partial charge in [-0.3, -0.25) is 9.36 Å². The molecule has 1 atom stereocenters.